The molecular weight excluding hydrogens is 438 g/mol. The largest absolute Gasteiger partial charge is 0.493 e. The zero-order chi connectivity index (χ0) is 24.0. The van der Waals surface area contributed by atoms with Crippen molar-refractivity contribution >= 4 is 22.4 Å². The SMILES string of the molecule is COc1ccccc1Oc1ccc(NC(=O)CCN(Cc2cccc3ccccc23)C2CC2)cn1. The molecular formula is C29H29N3O3. The molecule has 5 rings (SSSR count). The molecule has 1 fully saturated rings. The molecule has 6 heteroatoms. The summed E-state index contributed by atoms with van der Waals surface area (Å²) in [5.41, 5.74) is 1.96. The lowest BCUT2D eigenvalue weighted by atomic mass is 10.0. The second kappa shape index (κ2) is 10.6. The Kier molecular flexibility index (Phi) is 6.91. The van der Waals surface area contributed by atoms with Gasteiger partial charge in [-0.15, -0.1) is 0 Å². The van der Waals surface area contributed by atoms with Crippen molar-refractivity contribution < 1.29 is 14.3 Å². The molecule has 0 radical (unpaired) electrons. The Morgan fingerprint density at radius 1 is 0.971 bits per heavy atom. The number of aromatic nitrogens is 1. The number of carbonyl (C=O) groups is 1. The van der Waals surface area contributed by atoms with Gasteiger partial charge in [-0.25, -0.2) is 4.98 Å². The number of ether oxygens (including phenoxy) is 2. The molecule has 35 heavy (non-hydrogen) atoms. The summed E-state index contributed by atoms with van der Waals surface area (Å²) >= 11 is 0. The van der Waals surface area contributed by atoms with E-state index >= 15 is 0 Å². The van der Waals surface area contributed by atoms with Gasteiger partial charge in [-0.1, -0.05) is 54.6 Å². The monoisotopic (exact) mass is 467 g/mol. The normalized spacial score (nSPS) is 13.1. The van der Waals surface area contributed by atoms with Crippen molar-refractivity contribution in [3.8, 4) is 17.4 Å². The topological polar surface area (TPSA) is 63.7 Å². The Hall–Kier alpha value is -3.90. The van der Waals surface area contributed by atoms with E-state index < -0.39 is 0 Å². The van der Waals surface area contributed by atoms with E-state index in [0.29, 0.717) is 35.5 Å². The first-order valence-corrected chi connectivity index (χ1v) is 12.0. The van der Waals surface area contributed by atoms with Crippen molar-refractivity contribution in [2.24, 2.45) is 0 Å². The Morgan fingerprint density at radius 2 is 1.74 bits per heavy atom. The zero-order valence-electron chi connectivity index (χ0n) is 19.8. The maximum atomic E-state index is 12.7. The predicted octanol–water partition coefficient (Wildman–Crippen LogP) is 6.03. The lowest BCUT2D eigenvalue weighted by Crippen LogP contribution is -2.29. The Labute approximate surface area is 205 Å². The molecule has 0 unspecified atom stereocenters. The second-order valence-corrected chi connectivity index (χ2v) is 8.78. The van der Waals surface area contributed by atoms with Gasteiger partial charge < -0.3 is 14.8 Å². The summed E-state index contributed by atoms with van der Waals surface area (Å²) in [5, 5.41) is 5.49. The third kappa shape index (κ3) is 5.78. The molecule has 6 nitrogen and oxygen atoms in total. The van der Waals surface area contributed by atoms with Crippen LogP contribution in [0.3, 0.4) is 0 Å². The molecule has 0 atom stereocenters. The highest BCUT2D eigenvalue weighted by molar-refractivity contribution is 5.90. The van der Waals surface area contributed by atoms with Crippen LogP contribution >= 0.6 is 0 Å². The first-order chi connectivity index (χ1) is 17.2. The number of amides is 1. The number of rotatable bonds is 10. The predicted molar refractivity (Wildman–Crippen MR) is 138 cm³/mol. The summed E-state index contributed by atoms with van der Waals surface area (Å²) in [6, 6.07) is 26.4. The Balaban J connectivity index is 1.17. The van der Waals surface area contributed by atoms with Gasteiger partial charge in [0.2, 0.25) is 11.8 Å². The summed E-state index contributed by atoms with van der Waals surface area (Å²) in [4.78, 5) is 19.4. The summed E-state index contributed by atoms with van der Waals surface area (Å²) in [5.74, 6) is 1.64. The number of anilines is 1. The van der Waals surface area contributed by atoms with Crippen molar-refractivity contribution in [1.29, 1.82) is 0 Å². The molecule has 0 saturated heterocycles. The second-order valence-electron chi connectivity index (χ2n) is 8.78. The molecule has 3 aromatic carbocycles. The van der Waals surface area contributed by atoms with Gasteiger partial charge in [0.1, 0.15) is 0 Å². The average Bonchev–Trinajstić information content (AvgIpc) is 3.74. The first kappa shape index (κ1) is 22.9. The van der Waals surface area contributed by atoms with Gasteiger partial charge in [-0.05, 0) is 47.4 Å². The first-order valence-electron chi connectivity index (χ1n) is 12.0. The smallest absolute Gasteiger partial charge is 0.225 e. The highest BCUT2D eigenvalue weighted by Crippen LogP contribution is 2.31. The van der Waals surface area contributed by atoms with Gasteiger partial charge in [0, 0.05) is 31.6 Å². The lowest BCUT2D eigenvalue weighted by molar-refractivity contribution is -0.116. The van der Waals surface area contributed by atoms with Crippen LogP contribution < -0.4 is 14.8 Å². The van der Waals surface area contributed by atoms with Gasteiger partial charge in [-0.2, -0.15) is 0 Å². The number of carbonyl (C=O) groups excluding carboxylic acids is 1. The van der Waals surface area contributed by atoms with Crippen molar-refractivity contribution in [3.63, 3.8) is 0 Å². The number of para-hydroxylation sites is 2. The van der Waals surface area contributed by atoms with Crippen LogP contribution in [0.25, 0.3) is 10.8 Å². The van der Waals surface area contributed by atoms with E-state index in [1.807, 2.05) is 24.3 Å². The van der Waals surface area contributed by atoms with E-state index in [9.17, 15) is 4.79 Å². The fourth-order valence-electron chi connectivity index (χ4n) is 4.28. The quantitative estimate of drug-likeness (QED) is 0.309. The van der Waals surface area contributed by atoms with E-state index in [2.05, 4.69) is 57.7 Å². The zero-order valence-corrected chi connectivity index (χ0v) is 19.8. The molecule has 1 amide bonds. The maximum absolute atomic E-state index is 12.7. The number of pyridine rings is 1. The molecule has 1 saturated carbocycles. The maximum Gasteiger partial charge on any atom is 0.225 e. The summed E-state index contributed by atoms with van der Waals surface area (Å²) in [6.07, 6.45) is 4.44. The lowest BCUT2D eigenvalue weighted by Gasteiger charge is -2.22. The van der Waals surface area contributed by atoms with Gasteiger partial charge in [0.15, 0.2) is 11.5 Å². The van der Waals surface area contributed by atoms with E-state index in [-0.39, 0.29) is 5.91 Å². The minimum Gasteiger partial charge on any atom is -0.493 e. The van der Waals surface area contributed by atoms with Gasteiger partial charge >= 0.3 is 0 Å². The third-order valence-electron chi connectivity index (χ3n) is 6.25. The van der Waals surface area contributed by atoms with Crippen LogP contribution in [0.15, 0.2) is 85.1 Å². The molecule has 1 aliphatic rings. The summed E-state index contributed by atoms with van der Waals surface area (Å²) < 4.78 is 11.1. The molecule has 1 aromatic heterocycles. The average molecular weight is 468 g/mol. The molecule has 1 N–H and O–H groups in total. The number of fused-ring (bicyclic) bond motifs is 1. The van der Waals surface area contributed by atoms with Crippen LogP contribution in [0.5, 0.6) is 17.4 Å². The van der Waals surface area contributed by atoms with E-state index in [1.54, 1.807) is 25.4 Å². The minimum atomic E-state index is -0.0197. The van der Waals surface area contributed by atoms with E-state index in [0.717, 1.165) is 13.1 Å². The number of nitrogens with one attached hydrogen (secondary N) is 1. The van der Waals surface area contributed by atoms with Gasteiger partial charge in [0.05, 0.1) is 19.0 Å². The van der Waals surface area contributed by atoms with Crippen molar-refractivity contribution in [2.45, 2.75) is 31.8 Å². The molecule has 0 spiro atoms. The van der Waals surface area contributed by atoms with Crippen LogP contribution in [0, 0.1) is 0 Å². The fourth-order valence-corrected chi connectivity index (χ4v) is 4.28. The third-order valence-corrected chi connectivity index (χ3v) is 6.25. The van der Waals surface area contributed by atoms with Crippen LogP contribution in [0.1, 0.15) is 24.8 Å². The van der Waals surface area contributed by atoms with Crippen LogP contribution in [0.2, 0.25) is 0 Å². The summed E-state index contributed by atoms with van der Waals surface area (Å²) in [6.45, 7) is 1.58. The number of hydrogen-bond donors (Lipinski definition) is 1. The number of hydrogen-bond acceptors (Lipinski definition) is 5. The van der Waals surface area contributed by atoms with Crippen LogP contribution in [-0.4, -0.2) is 35.5 Å². The van der Waals surface area contributed by atoms with E-state index in [1.165, 1.54) is 29.2 Å². The number of methoxy groups -OCH3 is 1. The molecule has 4 aromatic rings. The standard InChI is InChI=1S/C29H29N3O3/c1-34-26-11-4-5-12-27(26)35-29-16-13-23(19-30-29)31-28(33)17-18-32(24-14-15-24)20-22-9-6-8-21-7-2-3-10-25(21)22/h2-13,16,19,24H,14-15,17-18,20H2,1H3,(H,31,33). The minimum absolute atomic E-state index is 0.0197. The number of nitrogens with zero attached hydrogens (tertiary/aromatic N) is 2. The molecule has 178 valence electrons. The number of benzene rings is 3. The van der Waals surface area contributed by atoms with Crippen molar-refractivity contribution in [2.75, 3.05) is 19.0 Å². The fraction of sp³-hybridized carbons (Fsp3) is 0.241. The molecule has 1 heterocycles. The molecule has 1 aliphatic carbocycles. The molecule has 0 bridgehead atoms. The van der Waals surface area contributed by atoms with Crippen molar-refractivity contribution in [1.82, 2.24) is 9.88 Å². The van der Waals surface area contributed by atoms with Crippen LogP contribution in [-0.2, 0) is 11.3 Å². The summed E-state index contributed by atoms with van der Waals surface area (Å²) in [7, 11) is 1.60. The highest BCUT2D eigenvalue weighted by atomic mass is 16.5. The van der Waals surface area contributed by atoms with E-state index in [4.69, 9.17) is 9.47 Å². The Bertz CT molecular complexity index is 1300. The van der Waals surface area contributed by atoms with Gasteiger partial charge in [0.25, 0.3) is 0 Å². The van der Waals surface area contributed by atoms with Gasteiger partial charge in [-0.3, -0.25) is 9.69 Å². The highest BCUT2D eigenvalue weighted by Gasteiger charge is 2.29. The molecule has 0 aliphatic heterocycles. The Morgan fingerprint density at radius 3 is 2.51 bits per heavy atom. The van der Waals surface area contributed by atoms with Crippen LogP contribution in [0.4, 0.5) is 5.69 Å². The van der Waals surface area contributed by atoms with Crippen molar-refractivity contribution in [3.05, 3.63) is 90.6 Å².